The first-order chi connectivity index (χ1) is 13.2. The van der Waals surface area contributed by atoms with Crippen LogP contribution in [0.1, 0.15) is 24.5 Å². The molecule has 2 unspecified atom stereocenters. The molecular formula is C20H25N5O2. The third-order valence-corrected chi connectivity index (χ3v) is 4.62. The summed E-state index contributed by atoms with van der Waals surface area (Å²) in [5, 5.41) is 5.97. The molecule has 27 heavy (non-hydrogen) atoms. The number of likely N-dealkylation sites (N-methyl/N-ethyl adjacent to an activating group) is 1. The lowest BCUT2D eigenvalue weighted by molar-refractivity contribution is -0.125. The smallest absolute Gasteiger partial charge is 0.237 e. The quantitative estimate of drug-likeness (QED) is 0.760. The predicted octanol–water partition coefficient (Wildman–Crippen LogP) is 0.915. The summed E-state index contributed by atoms with van der Waals surface area (Å²) in [6.07, 6.45) is 7.81. The standard InChI is InChI=1S/C20H25N5O2/c1-2-23-20(27)18-10-17(14-25(18)13-16-6-4-8-22-12-16)24-19(26)9-15-5-3-7-21-11-15/h3-8,11-12,17-18H,2,9-10,13-14H2,1H3,(H,23,27)(H,24,26). The van der Waals surface area contributed by atoms with Crippen molar-refractivity contribution in [3.05, 3.63) is 60.2 Å². The van der Waals surface area contributed by atoms with Crippen LogP contribution >= 0.6 is 0 Å². The number of nitrogens with zero attached hydrogens (tertiary/aromatic N) is 3. The number of carbonyl (C=O) groups excluding carboxylic acids is 2. The van der Waals surface area contributed by atoms with Crippen LogP contribution in [-0.4, -0.2) is 51.9 Å². The van der Waals surface area contributed by atoms with Crippen molar-refractivity contribution >= 4 is 11.8 Å². The van der Waals surface area contributed by atoms with Crippen LogP contribution < -0.4 is 10.6 Å². The zero-order valence-corrected chi connectivity index (χ0v) is 15.5. The van der Waals surface area contributed by atoms with Gasteiger partial charge in [-0.1, -0.05) is 12.1 Å². The molecule has 142 valence electrons. The second kappa shape index (κ2) is 9.23. The number of hydrogen-bond donors (Lipinski definition) is 2. The number of rotatable bonds is 7. The van der Waals surface area contributed by atoms with Gasteiger partial charge in [-0.15, -0.1) is 0 Å². The van der Waals surface area contributed by atoms with Crippen LogP contribution in [-0.2, 0) is 22.6 Å². The van der Waals surface area contributed by atoms with Crippen LogP contribution in [0.2, 0.25) is 0 Å². The zero-order valence-electron chi connectivity index (χ0n) is 15.5. The van der Waals surface area contributed by atoms with Gasteiger partial charge in [0.25, 0.3) is 0 Å². The molecule has 1 fully saturated rings. The first kappa shape index (κ1) is 19.0. The lowest BCUT2D eigenvalue weighted by atomic mass is 10.1. The van der Waals surface area contributed by atoms with E-state index in [2.05, 4.69) is 25.5 Å². The van der Waals surface area contributed by atoms with Gasteiger partial charge in [0.1, 0.15) is 0 Å². The first-order valence-corrected chi connectivity index (χ1v) is 9.24. The molecule has 2 aromatic rings. The van der Waals surface area contributed by atoms with E-state index in [0.29, 0.717) is 32.5 Å². The Kier molecular flexibility index (Phi) is 6.49. The van der Waals surface area contributed by atoms with Gasteiger partial charge in [-0.2, -0.15) is 0 Å². The number of likely N-dealkylation sites (tertiary alicyclic amines) is 1. The monoisotopic (exact) mass is 367 g/mol. The van der Waals surface area contributed by atoms with Crippen molar-refractivity contribution in [3.63, 3.8) is 0 Å². The maximum Gasteiger partial charge on any atom is 0.237 e. The Morgan fingerprint density at radius 3 is 2.48 bits per heavy atom. The minimum absolute atomic E-state index is 0.00500. The minimum atomic E-state index is -0.256. The van der Waals surface area contributed by atoms with Crippen molar-refractivity contribution in [2.75, 3.05) is 13.1 Å². The average molecular weight is 367 g/mol. The molecule has 3 rings (SSSR count). The van der Waals surface area contributed by atoms with E-state index in [1.165, 1.54) is 0 Å². The first-order valence-electron chi connectivity index (χ1n) is 9.24. The highest BCUT2D eigenvalue weighted by Gasteiger charge is 2.37. The van der Waals surface area contributed by atoms with Gasteiger partial charge in [-0.3, -0.25) is 24.5 Å². The van der Waals surface area contributed by atoms with E-state index in [4.69, 9.17) is 0 Å². The Hall–Kier alpha value is -2.80. The number of nitrogens with one attached hydrogen (secondary N) is 2. The predicted molar refractivity (Wildman–Crippen MR) is 102 cm³/mol. The molecule has 2 amide bonds. The molecule has 1 saturated heterocycles. The van der Waals surface area contributed by atoms with Gasteiger partial charge in [-0.25, -0.2) is 0 Å². The topological polar surface area (TPSA) is 87.2 Å². The van der Waals surface area contributed by atoms with Crippen molar-refractivity contribution in [3.8, 4) is 0 Å². The molecule has 0 saturated carbocycles. The van der Waals surface area contributed by atoms with Crippen molar-refractivity contribution < 1.29 is 9.59 Å². The average Bonchev–Trinajstić information content (AvgIpc) is 3.05. The van der Waals surface area contributed by atoms with Gasteiger partial charge in [0, 0.05) is 50.5 Å². The summed E-state index contributed by atoms with van der Waals surface area (Å²) in [4.78, 5) is 35.1. The fourth-order valence-corrected chi connectivity index (χ4v) is 3.44. The van der Waals surface area contributed by atoms with E-state index in [1.54, 1.807) is 18.6 Å². The highest BCUT2D eigenvalue weighted by molar-refractivity contribution is 5.83. The number of amides is 2. The second-order valence-electron chi connectivity index (χ2n) is 6.74. The van der Waals surface area contributed by atoms with Gasteiger partial charge in [-0.05, 0) is 36.6 Å². The van der Waals surface area contributed by atoms with Crippen LogP contribution in [0.4, 0.5) is 0 Å². The fraction of sp³-hybridized carbons (Fsp3) is 0.400. The third kappa shape index (κ3) is 5.34. The molecule has 2 aromatic heterocycles. The summed E-state index contributed by atoms with van der Waals surface area (Å²) in [7, 11) is 0. The van der Waals surface area contributed by atoms with Crippen LogP contribution in [0.15, 0.2) is 49.1 Å². The van der Waals surface area contributed by atoms with E-state index in [-0.39, 0.29) is 23.9 Å². The molecule has 0 aromatic carbocycles. The van der Waals surface area contributed by atoms with E-state index < -0.39 is 0 Å². The van der Waals surface area contributed by atoms with Crippen LogP contribution in [0.3, 0.4) is 0 Å². The molecule has 1 aliphatic heterocycles. The van der Waals surface area contributed by atoms with E-state index in [9.17, 15) is 9.59 Å². The maximum atomic E-state index is 12.5. The molecule has 0 bridgehead atoms. The van der Waals surface area contributed by atoms with Crippen LogP contribution in [0.5, 0.6) is 0 Å². The lowest BCUT2D eigenvalue weighted by Gasteiger charge is -2.23. The van der Waals surface area contributed by atoms with Gasteiger partial charge in [0.15, 0.2) is 0 Å². The molecule has 0 aliphatic carbocycles. The summed E-state index contributed by atoms with van der Waals surface area (Å²) in [5.41, 5.74) is 1.93. The summed E-state index contributed by atoms with van der Waals surface area (Å²) in [6, 6.07) is 7.27. The maximum absolute atomic E-state index is 12.5. The molecule has 2 N–H and O–H groups in total. The third-order valence-electron chi connectivity index (χ3n) is 4.62. The van der Waals surface area contributed by atoms with Gasteiger partial charge in [0.2, 0.25) is 11.8 Å². The molecule has 2 atom stereocenters. The summed E-state index contributed by atoms with van der Waals surface area (Å²) in [5.74, 6) is -0.0451. The minimum Gasteiger partial charge on any atom is -0.355 e. The molecule has 0 spiro atoms. The number of aromatic nitrogens is 2. The Labute approximate surface area is 159 Å². The summed E-state index contributed by atoms with van der Waals surface area (Å²) in [6.45, 7) is 3.76. The van der Waals surface area contributed by atoms with E-state index >= 15 is 0 Å². The second-order valence-corrected chi connectivity index (χ2v) is 6.74. The van der Waals surface area contributed by atoms with Gasteiger partial charge < -0.3 is 10.6 Å². The molecule has 7 nitrogen and oxygen atoms in total. The molecule has 0 radical (unpaired) electrons. The SMILES string of the molecule is CCNC(=O)C1CC(NC(=O)Cc2cccnc2)CN1Cc1cccnc1. The summed E-state index contributed by atoms with van der Waals surface area (Å²) >= 11 is 0. The van der Waals surface area contributed by atoms with Crippen molar-refractivity contribution in [2.45, 2.75) is 38.4 Å². The van der Waals surface area contributed by atoms with E-state index in [1.807, 2.05) is 37.4 Å². The molecule has 1 aliphatic rings. The lowest BCUT2D eigenvalue weighted by Crippen LogP contribution is -2.42. The van der Waals surface area contributed by atoms with Crippen molar-refractivity contribution in [1.82, 2.24) is 25.5 Å². The Morgan fingerprint density at radius 2 is 1.85 bits per heavy atom. The molecule has 7 heteroatoms. The Bertz CT molecular complexity index is 753. The zero-order chi connectivity index (χ0) is 19.1. The molecule has 3 heterocycles. The molecular weight excluding hydrogens is 342 g/mol. The fourth-order valence-electron chi connectivity index (χ4n) is 3.44. The number of pyridine rings is 2. The largest absolute Gasteiger partial charge is 0.355 e. The number of carbonyl (C=O) groups is 2. The van der Waals surface area contributed by atoms with E-state index in [0.717, 1.165) is 11.1 Å². The van der Waals surface area contributed by atoms with Gasteiger partial charge >= 0.3 is 0 Å². The summed E-state index contributed by atoms with van der Waals surface area (Å²) < 4.78 is 0. The Morgan fingerprint density at radius 1 is 1.15 bits per heavy atom. The van der Waals surface area contributed by atoms with Crippen LogP contribution in [0.25, 0.3) is 0 Å². The normalized spacial score (nSPS) is 19.6. The van der Waals surface area contributed by atoms with Crippen LogP contribution in [0, 0.1) is 0 Å². The van der Waals surface area contributed by atoms with Crippen molar-refractivity contribution in [2.24, 2.45) is 0 Å². The highest BCUT2D eigenvalue weighted by atomic mass is 16.2. The number of hydrogen-bond acceptors (Lipinski definition) is 5. The van der Waals surface area contributed by atoms with Crippen molar-refractivity contribution in [1.29, 1.82) is 0 Å². The Balaban J connectivity index is 1.63. The highest BCUT2D eigenvalue weighted by Crippen LogP contribution is 2.21. The van der Waals surface area contributed by atoms with Gasteiger partial charge in [0.05, 0.1) is 12.5 Å².